The smallest absolute Gasteiger partial charge is 0.271 e. The van der Waals surface area contributed by atoms with Crippen LogP contribution in [-0.4, -0.2) is 17.3 Å². The highest BCUT2D eigenvalue weighted by atomic mass is 16.3. The minimum atomic E-state index is -0.336. The number of amides is 1. The van der Waals surface area contributed by atoms with E-state index in [2.05, 4.69) is 21.1 Å². The number of anilines is 1. The van der Waals surface area contributed by atoms with Gasteiger partial charge < -0.3 is 8.83 Å². The lowest BCUT2D eigenvalue weighted by Gasteiger charge is -2.05. The molecule has 5 rings (SSSR count). The second kappa shape index (κ2) is 9.07. The molecule has 0 unspecified atom stereocenters. The lowest BCUT2D eigenvalue weighted by Crippen LogP contribution is -2.19. The van der Waals surface area contributed by atoms with Crippen molar-refractivity contribution in [3.63, 3.8) is 0 Å². The number of nitrogens with one attached hydrogen (secondary N) is 2. The highest BCUT2D eigenvalue weighted by molar-refractivity contribution is 6.02. The van der Waals surface area contributed by atoms with E-state index in [9.17, 15) is 4.79 Å². The van der Waals surface area contributed by atoms with Crippen LogP contribution in [0.15, 0.2) is 104 Å². The summed E-state index contributed by atoms with van der Waals surface area (Å²) in [6.07, 6.45) is 0. The van der Waals surface area contributed by atoms with Crippen LogP contribution < -0.4 is 10.9 Å². The van der Waals surface area contributed by atoms with Crippen LogP contribution in [0.5, 0.6) is 0 Å². The first-order valence-corrected chi connectivity index (χ1v) is 10.8. The third-order valence-electron chi connectivity index (χ3n) is 5.37. The molecule has 0 spiro atoms. The predicted octanol–water partition coefficient (Wildman–Crippen LogP) is 6.17. The first-order valence-electron chi connectivity index (χ1n) is 10.8. The third-order valence-corrected chi connectivity index (χ3v) is 5.37. The van der Waals surface area contributed by atoms with E-state index >= 15 is 0 Å². The fourth-order valence-electron chi connectivity index (χ4n) is 3.51. The molecule has 5 aromatic rings. The summed E-state index contributed by atoms with van der Waals surface area (Å²) in [5.74, 6) is 0.947. The van der Waals surface area contributed by atoms with Crippen molar-refractivity contribution in [2.45, 2.75) is 13.8 Å². The highest BCUT2D eigenvalue weighted by Crippen LogP contribution is 2.20. The van der Waals surface area contributed by atoms with Gasteiger partial charge in [0, 0.05) is 16.3 Å². The second-order valence-corrected chi connectivity index (χ2v) is 7.82. The molecule has 7 heteroatoms. The number of hydrazone groups is 2. The fraction of sp³-hybridized carbons (Fsp3) is 0.0741. The van der Waals surface area contributed by atoms with E-state index in [4.69, 9.17) is 8.83 Å². The number of hydrogen-bond donors (Lipinski definition) is 2. The largest absolute Gasteiger partial charge is 0.455 e. The highest BCUT2D eigenvalue weighted by Gasteiger charge is 2.10. The third kappa shape index (κ3) is 4.45. The first kappa shape index (κ1) is 21.2. The Kier molecular flexibility index (Phi) is 5.66. The lowest BCUT2D eigenvalue weighted by atomic mass is 10.2. The molecule has 0 saturated heterocycles. The number of hydrogen-bond acceptors (Lipinski definition) is 6. The average molecular weight is 450 g/mol. The van der Waals surface area contributed by atoms with Crippen molar-refractivity contribution in [1.29, 1.82) is 0 Å². The Labute approximate surface area is 195 Å². The quantitative estimate of drug-likeness (QED) is 0.239. The Bertz CT molecular complexity index is 1490. The predicted molar refractivity (Wildman–Crippen MR) is 134 cm³/mol. The van der Waals surface area contributed by atoms with E-state index in [0.29, 0.717) is 34.2 Å². The molecule has 0 fully saturated rings. The summed E-state index contributed by atoms with van der Waals surface area (Å²) in [4.78, 5) is 12.6. The van der Waals surface area contributed by atoms with Crippen LogP contribution in [0.4, 0.5) is 5.69 Å². The van der Waals surface area contributed by atoms with E-state index in [1.165, 1.54) is 0 Å². The normalized spacial score (nSPS) is 12.3. The van der Waals surface area contributed by atoms with Crippen LogP contribution in [0.25, 0.3) is 21.9 Å². The minimum absolute atomic E-state index is 0.336. The van der Waals surface area contributed by atoms with E-state index in [1.54, 1.807) is 25.1 Å². The summed E-state index contributed by atoms with van der Waals surface area (Å²) in [7, 11) is 0. The zero-order valence-electron chi connectivity index (χ0n) is 18.7. The number of nitrogens with zero attached hydrogens (tertiary/aromatic N) is 2. The molecule has 1 amide bonds. The van der Waals surface area contributed by atoms with Gasteiger partial charge in [0.25, 0.3) is 5.91 Å². The lowest BCUT2D eigenvalue weighted by molar-refractivity contribution is 0.0955. The van der Waals surface area contributed by atoms with Gasteiger partial charge in [0.15, 0.2) is 11.5 Å². The number of fused-ring (bicyclic) bond motifs is 2. The number of furan rings is 2. The fourth-order valence-corrected chi connectivity index (χ4v) is 3.51. The molecule has 168 valence electrons. The van der Waals surface area contributed by atoms with E-state index in [1.807, 2.05) is 73.7 Å². The van der Waals surface area contributed by atoms with Crippen LogP contribution in [0.2, 0.25) is 0 Å². The number of carbonyl (C=O) groups excluding carboxylic acids is 1. The van der Waals surface area contributed by atoms with Gasteiger partial charge in [0.2, 0.25) is 0 Å². The monoisotopic (exact) mass is 450 g/mol. The molecule has 0 saturated carbocycles. The van der Waals surface area contributed by atoms with Crippen LogP contribution in [0.3, 0.4) is 0 Å². The Hall–Kier alpha value is -4.65. The zero-order valence-corrected chi connectivity index (χ0v) is 18.7. The maximum absolute atomic E-state index is 12.6. The summed E-state index contributed by atoms with van der Waals surface area (Å²) in [6.45, 7) is 3.64. The number of para-hydroxylation sites is 2. The molecule has 0 aliphatic rings. The van der Waals surface area contributed by atoms with E-state index in [0.717, 1.165) is 21.9 Å². The van der Waals surface area contributed by atoms with Gasteiger partial charge in [-0.25, -0.2) is 5.43 Å². The van der Waals surface area contributed by atoms with Gasteiger partial charge in [-0.3, -0.25) is 10.2 Å². The Balaban J connectivity index is 1.26. The second-order valence-electron chi connectivity index (χ2n) is 7.82. The maximum Gasteiger partial charge on any atom is 0.271 e. The number of rotatable bonds is 6. The molecular weight excluding hydrogens is 428 g/mol. The molecule has 0 bridgehead atoms. The summed E-state index contributed by atoms with van der Waals surface area (Å²) in [6, 6.07) is 26.4. The SMILES string of the molecule is CC(=NNC(=O)c1cccc(NN=C(C)c2cc3ccccc3o2)c1)c1cc2ccccc2o1. The van der Waals surface area contributed by atoms with Gasteiger partial charge in [-0.15, -0.1) is 0 Å². The van der Waals surface area contributed by atoms with Crippen molar-refractivity contribution < 1.29 is 13.6 Å². The van der Waals surface area contributed by atoms with Crippen molar-refractivity contribution in [3.05, 3.63) is 102 Å². The summed E-state index contributed by atoms with van der Waals surface area (Å²) >= 11 is 0. The Morgan fingerprint density at radius 2 is 1.29 bits per heavy atom. The summed E-state index contributed by atoms with van der Waals surface area (Å²) in [5, 5.41) is 10.6. The van der Waals surface area contributed by atoms with Gasteiger partial charge >= 0.3 is 0 Å². The van der Waals surface area contributed by atoms with Gasteiger partial charge in [0.05, 0.1) is 5.69 Å². The van der Waals surface area contributed by atoms with Gasteiger partial charge in [-0.2, -0.15) is 10.2 Å². The van der Waals surface area contributed by atoms with Crippen LogP contribution in [-0.2, 0) is 0 Å². The molecule has 0 atom stereocenters. The van der Waals surface area contributed by atoms with Gasteiger partial charge in [-0.1, -0.05) is 42.5 Å². The van der Waals surface area contributed by atoms with Gasteiger partial charge in [-0.05, 0) is 56.3 Å². The zero-order chi connectivity index (χ0) is 23.5. The molecule has 34 heavy (non-hydrogen) atoms. The first-order chi connectivity index (χ1) is 16.6. The topological polar surface area (TPSA) is 92.1 Å². The van der Waals surface area contributed by atoms with Crippen LogP contribution in [0.1, 0.15) is 35.7 Å². The van der Waals surface area contributed by atoms with E-state index < -0.39 is 0 Å². The van der Waals surface area contributed by atoms with Crippen molar-refractivity contribution >= 4 is 45.0 Å². The van der Waals surface area contributed by atoms with Gasteiger partial charge in [0.1, 0.15) is 22.6 Å². The Morgan fingerprint density at radius 3 is 1.91 bits per heavy atom. The molecule has 0 aliphatic carbocycles. The Morgan fingerprint density at radius 1 is 0.706 bits per heavy atom. The molecule has 2 N–H and O–H groups in total. The van der Waals surface area contributed by atoms with Crippen LogP contribution in [0, 0.1) is 0 Å². The molecule has 2 heterocycles. The van der Waals surface area contributed by atoms with Crippen LogP contribution >= 0.6 is 0 Å². The summed E-state index contributed by atoms with van der Waals surface area (Å²) in [5.41, 5.74) is 9.53. The summed E-state index contributed by atoms with van der Waals surface area (Å²) < 4.78 is 11.6. The molecular formula is C27H22N4O3. The van der Waals surface area contributed by atoms with Crippen molar-refractivity contribution in [2.75, 3.05) is 5.43 Å². The van der Waals surface area contributed by atoms with Crippen molar-refractivity contribution in [2.24, 2.45) is 10.2 Å². The molecule has 0 radical (unpaired) electrons. The molecule has 0 aliphatic heterocycles. The van der Waals surface area contributed by atoms with Crippen molar-refractivity contribution in [1.82, 2.24) is 5.43 Å². The van der Waals surface area contributed by atoms with E-state index in [-0.39, 0.29) is 5.91 Å². The molecule has 2 aromatic heterocycles. The standard InChI is InChI=1S/C27H22N4O3/c1-17(25-15-19-8-3-5-12-23(19)33-25)28-30-22-11-7-10-21(14-22)27(32)31-29-18(2)26-16-20-9-4-6-13-24(20)34-26/h3-16,30H,1-2H3,(H,31,32). The minimum Gasteiger partial charge on any atom is -0.455 e. The maximum atomic E-state index is 12.6. The molecule has 7 nitrogen and oxygen atoms in total. The number of benzene rings is 3. The number of carbonyl (C=O) groups is 1. The average Bonchev–Trinajstić information content (AvgIpc) is 3.50. The van der Waals surface area contributed by atoms with Crippen molar-refractivity contribution in [3.8, 4) is 0 Å². The molecule has 3 aromatic carbocycles.